The molecule has 2 saturated heterocycles. The first-order valence-corrected chi connectivity index (χ1v) is 7.25. The minimum Gasteiger partial charge on any atom is -0.338 e. The van der Waals surface area contributed by atoms with Crippen LogP contribution in [0.4, 0.5) is 0 Å². The Balaban J connectivity index is 1.70. The highest BCUT2D eigenvalue weighted by atomic mass is 16.2. The van der Waals surface area contributed by atoms with Crippen LogP contribution in [0.5, 0.6) is 0 Å². The number of nitrogens with zero attached hydrogens (tertiary/aromatic N) is 1. The second-order valence-corrected chi connectivity index (χ2v) is 6.12. The van der Waals surface area contributed by atoms with Gasteiger partial charge in [-0.25, -0.2) is 0 Å². The third-order valence-electron chi connectivity index (χ3n) is 4.58. The Labute approximate surface area is 115 Å². The predicted octanol–water partition coefficient (Wildman–Crippen LogP) is 2.21. The van der Waals surface area contributed by atoms with Gasteiger partial charge in [-0.3, -0.25) is 4.79 Å². The summed E-state index contributed by atoms with van der Waals surface area (Å²) in [6.07, 6.45) is 3.65. The van der Waals surface area contributed by atoms with E-state index < -0.39 is 0 Å². The average Bonchev–Trinajstić information content (AvgIpc) is 2.83. The Kier molecular flexibility index (Phi) is 3.31. The molecule has 1 unspecified atom stereocenters. The molecule has 0 radical (unpaired) electrons. The molecule has 1 atom stereocenters. The van der Waals surface area contributed by atoms with Gasteiger partial charge < -0.3 is 10.2 Å². The van der Waals surface area contributed by atoms with Crippen LogP contribution < -0.4 is 5.32 Å². The van der Waals surface area contributed by atoms with Crippen LogP contribution in [0.15, 0.2) is 24.3 Å². The molecular formula is C16H22N2O. The number of amides is 1. The Morgan fingerprint density at radius 2 is 2.05 bits per heavy atom. The van der Waals surface area contributed by atoms with Crippen molar-refractivity contribution >= 4 is 5.91 Å². The SMILES string of the molecule is Cc1ccc(C(=O)N2CCC3(CCCNC3)C2)cc1. The second-order valence-electron chi connectivity index (χ2n) is 6.12. The van der Waals surface area contributed by atoms with Gasteiger partial charge in [0.15, 0.2) is 0 Å². The maximum atomic E-state index is 12.5. The minimum absolute atomic E-state index is 0.197. The maximum Gasteiger partial charge on any atom is 0.253 e. The molecule has 3 rings (SSSR count). The lowest BCUT2D eigenvalue weighted by Crippen LogP contribution is -2.42. The van der Waals surface area contributed by atoms with Crippen molar-refractivity contribution < 1.29 is 4.79 Å². The van der Waals surface area contributed by atoms with Gasteiger partial charge in [0, 0.05) is 30.6 Å². The predicted molar refractivity (Wildman–Crippen MR) is 76.2 cm³/mol. The molecule has 2 fully saturated rings. The molecule has 1 N–H and O–H groups in total. The number of carbonyl (C=O) groups excluding carboxylic acids is 1. The third-order valence-corrected chi connectivity index (χ3v) is 4.58. The van der Waals surface area contributed by atoms with Gasteiger partial charge in [0.05, 0.1) is 0 Å². The highest BCUT2D eigenvalue weighted by Crippen LogP contribution is 2.36. The van der Waals surface area contributed by atoms with Crippen LogP contribution in [0.25, 0.3) is 0 Å². The van der Waals surface area contributed by atoms with E-state index in [2.05, 4.69) is 5.32 Å². The molecule has 0 aliphatic carbocycles. The van der Waals surface area contributed by atoms with Crippen molar-refractivity contribution in [3.05, 3.63) is 35.4 Å². The van der Waals surface area contributed by atoms with Gasteiger partial charge in [-0.2, -0.15) is 0 Å². The van der Waals surface area contributed by atoms with Crippen LogP contribution in [0.1, 0.15) is 35.2 Å². The van der Waals surface area contributed by atoms with Gasteiger partial charge in [0.2, 0.25) is 0 Å². The number of hydrogen-bond donors (Lipinski definition) is 1. The molecule has 2 aliphatic rings. The lowest BCUT2D eigenvalue weighted by Gasteiger charge is -2.33. The standard InChI is InChI=1S/C16H22N2O/c1-13-3-5-14(6-4-13)15(19)18-10-8-16(12-18)7-2-9-17-11-16/h3-6,17H,2,7-12H2,1H3. The number of nitrogens with one attached hydrogen (secondary N) is 1. The quantitative estimate of drug-likeness (QED) is 0.837. The molecule has 3 nitrogen and oxygen atoms in total. The van der Waals surface area contributed by atoms with Crippen molar-refractivity contribution in [2.75, 3.05) is 26.2 Å². The van der Waals surface area contributed by atoms with Crippen molar-refractivity contribution in [2.24, 2.45) is 5.41 Å². The molecule has 0 saturated carbocycles. The Hall–Kier alpha value is -1.35. The van der Waals surface area contributed by atoms with E-state index in [4.69, 9.17) is 0 Å². The molecule has 1 amide bonds. The first-order valence-electron chi connectivity index (χ1n) is 7.25. The number of aryl methyl sites for hydroxylation is 1. The third kappa shape index (κ3) is 2.52. The van der Waals surface area contributed by atoms with Crippen molar-refractivity contribution in [3.8, 4) is 0 Å². The van der Waals surface area contributed by atoms with Crippen molar-refractivity contribution in [1.82, 2.24) is 10.2 Å². The zero-order valence-corrected chi connectivity index (χ0v) is 11.6. The van der Waals surface area contributed by atoms with Crippen LogP contribution in [-0.2, 0) is 0 Å². The largest absolute Gasteiger partial charge is 0.338 e. The van der Waals surface area contributed by atoms with Crippen LogP contribution in [0.2, 0.25) is 0 Å². The van der Waals surface area contributed by atoms with Crippen LogP contribution in [0.3, 0.4) is 0 Å². The van der Waals surface area contributed by atoms with Gasteiger partial charge in [-0.05, 0) is 44.9 Å². The number of hydrogen-bond acceptors (Lipinski definition) is 2. The fourth-order valence-electron chi connectivity index (χ4n) is 3.37. The van der Waals surface area contributed by atoms with E-state index in [1.54, 1.807) is 0 Å². The number of carbonyl (C=O) groups is 1. The first-order chi connectivity index (χ1) is 9.19. The lowest BCUT2D eigenvalue weighted by molar-refractivity contribution is 0.0764. The van der Waals surface area contributed by atoms with Crippen molar-refractivity contribution in [3.63, 3.8) is 0 Å². The summed E-state index contributed by atoms with van der Waals surface area (Å²) in [4.78, 5) is 14.5. The summed E-state index contributed by atoms with van der Waals surface area (Å²) in [7, 11) is 0. The summed E-state index contributed by atoms with van der Waals surface area (Å²) in [5, 5.41) is 3.49. The highest BCUT2D eigenvalue weighted by molar-refractivity contribution is 5.94. The second kappa shape index (κ2) is 4.97. The van der Waals surface area contributed by atoms with Crippen LogP contribution >= 0.6 is 0 Å². The zero-order valence-electron chi connectivity index (χ0n) is 11.6. The molecule has 0 bridgehead atoms. The summed E-state index contributed by atoms with van der Waals surface area (Å²) in [5.74, 6) is 0.197. The number of benzene rings is 1. The molecule has 1 aromatic carbocycles. The summed E-state index contributed by atoms with van der Waals surface area (Å²) < 4.78 is 0. The summed E-state index contributed by atoms with van der Waals surface area (Å²) >= 11 is 0. The van der Waals surface area contributed by atoms with Gasteiger partial charge in [-0.15, -0.1) is 0 Å². The normalized spacial score (nSPS) is 26.9. The van der Waals surface area contributed by atoms with Crippen LogP contribution in [-0.4, -0.2) is 37.0 Å². The summed E-state index contributed by atoms with van der Waals surface area (Å²) in [5.41, 5.74) is 2.37. The molecule has 0 aromatic heterocycles. The van der Waals surface area contributed by atoms with Crippen molar-refractivity contribution in [1.29, 1.82) is 0 Å². The Bertz CT molecular complexity index is 460. The minimum atomic E-state index is 0.197. The smallest absolute Gasteiger partial charge is 0.253 e. The molecule has 2 heterocycles. The van der Waals surface area contributed by atoms with E-state index in [-0.39, 0.29) is 5.91 Å². The Morgan fingerprint density at radius 1 is 1.26 bits per heavy atom. The fourth-order valence-corrected chi connectivity index (χ4v) is 3.37. The van der Waals surface area contributed by atoms with Crippen LogP contribution in [0, 0.1) is 12.3 Å². The Morgan fingerprint density at radius 3 is 2.74 bits per heavy atom. The fraction of sp³-hybridized carbons (Fsp3) is 0.562. The van der Waals surface area contributed by atoms with Gasteiger partial charge in [-0.1, -0.05) is 17.7 Å². The maximum absolute atomic E-state index is 12.5. The number of rotatable bonds is 1. The first kappa shape index (κ1) is 12.7. The molecular weight excluding hydrogens is 236 g/mol. The summed E-state index contributed by atoms with van der Waals surface area (Å²) in [6.45, 7) is 6.09. The molecule has 1 spiro atoms. The van der Waals surface area contributed by atoms with Crippen molar-refractivity contribution in [2.45, 2.75) is 26.2 Å². The van der Waals surface area contributed by atoms with E-state index >= 15 is 0 Å². The van der Waals surface area contributed by atoms with E-state index in [0.29, 0.717) is 5.41 Å². The van der Waals surface area contributed by atoms with Gasteiger partial charge in [0.1, 0.15) is 0 Å². The van der Waals surface area contributed by atoms with E-state index in [9.17, 15) is 4.79 Å². The number of piperidine rings is 1. The monoisotopic (exact) mass is 258 g/mol. The van der Waals surface area contributed by atoms with Gasteiger partial charge >= 0.3 is 0 Å². The van der Waals surface area contributed by atoms with E-state index in [1.807, 2.05) is 36.1 Å². The highest BCUT2D eigenvalue weighted by Gasteiger charge is 2.40. The summed E-state index contributed by atoms with van der Waals surface area (Å²) in [6, 6.07) is 7.92. The molecule has 1 aromatic rings. The number of likely N-dealkylation sites (tertiary alicyclic amines) is 1. The van der Waals surface area contributed by atoms with Gasteiger partial charge in [0.25, 0.3) is 5.91 Å². The lowest BCUT2D eigenvalue weighted by atomic mass is 9.80. The van der Waals surface area contributed by atoms with E-state index in [0.717, 1.165) is 38.2 Å². The molecule has 3 heteroatoms. The zero-order chi connectivity index (χ0) is 13.3. The van der Waals surface area contributed by atoms with E-state index in [1.165, 1.54) is 18.4 Å². The topological polar surface area (TPSA) is 32.3 Å². The molecule has 2 aliphatic heterocycles. The molecule has 102 valence electrons. The average molecular weight is 258 g/mol. The molecule has 19 heavy (non-hydrogen) atoms.